The van der Waals surface area contributed by atoms with E-state index in [0.29, 0.717) is 27.1 Å². The molecule has 3 aromatic carbocycles. The third kappa shape index (κ3) is 6.21. The van der Waals surface area contributed by atoms with E-state index in [1.54, 1.807) is 31.4 Å². The molecule has 0 unspecified atom stereocenters. The molecule has 0 bridgehead atoms. The number of ether oxygens (including phenoxy) is 1. The largest absolute Gasteiger partial charge is 0.497 e. The monoisotopic (exact) mass is 499 g/mol. The maximum absolute atomic E-state index is 12.4. The number of benzene rings is 3. The van der Waals surface area contributed by atoms with Crippen LogP contribution in [0.1, 0.15) is 12.0 Å². The summed E-state index contributed by atoms with van der Waals surface area (Å²) < 4.78 is 5.28. The number of halogens is 1. The van der Waals surface area contributed by atoms with Gasteiger partial charge in [-0.3, -0.25) is 4.79 Å². The molecule has 1 N–H and O–H groups in total. The Kier molecular flexibility index (Phi) is 8.04. The number of thioether (sulfide) groups is 1. The van der Waals surface area contributed by atoms with Crippen LogP contribution in [0.3, 0.4) is 0 Å². The standard InChI is InChI=1S/C28H22ClN3O2S/c1-34-23-13-7-19(8-14-23)24-17-26(20-5-3-2-4-6-20)32-28(25(24)18-30)35-16-15-27(33)31-22-11-9-21(29)10-12-22/h2-14,17H,15-16H2,1H3,(H,31,33). The summed E-state index contributed by atoms with van der Waals surface area (Å²) in [4.78, 5) is 17.2. The van der Waals surface area contributed by atoms with Crippen molar-refractivity contribution < 1.29 is 9.53 Å². The second-order valence-electron chi connectivity index (χ2n) is 7.60. The average molecular weight is 500 g/mol. The molecule has 1 heterocycles. The fourth-order valence-electron chi connectivity index (χ4n) is 3.49. The van der Waals surface area contributed by atoms with Crippen LogP contribution in [0.5, 0.6) is 5.75 Å². The number of carbonyl (C=O) groups is 1. The Balaban J connectivity index is 1.60. The van der Waals surface area contributed by atoms with E-state index in [9.17, 15) is 10.1 Å². The van der Waals surface area contributed by atoms with Gasteiger partial charge in [-0.25, -0.2) is 4.98 Å². The highest BCUT2D eigenvalue weighted by atomic mass is 35.5. The summed E-state index contributed by atoms with van der Waals surface area (Å²) in [5, 5.41) is 14.1. The SMILES string of the molecule is COc1ccc(-c2cc(-c3ccccc3)nc(SCCC(=O)Nc3ccc(Cl)cc3)c2C#N)cc1. The summed E-state index contributed by atoms with van der Waals surface area (Å²) in [7, 11) is 1.62. The third-order valence-corrected chi connectivity index (χ3v) is 6.49. The number of nitrogens with one attached hydrogen (secondary N) is 1. The molecule has 1 aromatic heterocycles. The van der Waals surface area contributed by atoms with Gasteiger partial charge in [0, 0.05) is 34.0 Å². The van der Waals surface area contributed by atoms with Crippen LogP contribution in [0.4, 0.5) is 5.69 Å². The van der Waals surface area contributed by atoms with Crippen LogP contribution in [-0.4, -0.2) is 23.8 Å². The molecule has 35 heavy (non-hydrogen) atoms. The van der Waals surface area contributed by atoms with Gasteiger partial charge in [0.05, 0.1) is 18.4 Å². The topological polar surface area (TPSA) is 75.0 Å². The molecule has 1 amide bonds. The van der Waals surface area contributed by atoms with Gasteiger partial charge in [0.1, 0.15) is 16.8 Å². The average Bonchev–Trinajstić information content (AvgIpc) is 2.90. The molecule has 0 saturated heterocycles. The van der Waals surface area contributed by atoms with Crippen molar-refractivity contribution in [2.24, 2.45) is 0 Å². The van der Waals surface area contributed by atoms with E-state index in [0.717, 1.165) is 28.1 Å². The highest BCUT2D eigenvalue weighted by Crippen LogP contribution is 2.35. The van der Waals surface area contributed by atoms with Crippen molar-refractivity contribution in [2.75, 3.05) is 18.2 Å². The number of methoxy groups -OCH3 is 1. The van der Waals surface area contributed by atoms with Crippen molar-refractivity contribution in [3.63, 3.8) is 0 Å². The summed E-state index contributed by atoms with van der Waals surface area (Å²) in [6.45, 7) is 0. The number of carbonyl (C=O) groups excluding carboxylic acids is 1. The first kappa shape index (κ1) is 24.3. The smallest absolute Gasteiger partial charge is 0.225 e. The lowest BCUT2D eigenvalue weighted by molar-refractivity contribution is -0.115. The number of nitriles is 1. The van der Waals surface area contributed by atoms with Crippen molar-refractivity contribution in [1.29, 1.82) is 5.26 Å². The Hall–Kier alpha value is -3.79. The summed E-state index contributed by atoms with van der Waals surface area (Å²) in [6, 6.07) is 28.7. The molecule has 5 nitrogen and oxygen atoms in total. The summed E-state index contributed by atoms with van der Waals surface area (Å²) in [6.07, 6.45) is 0.271. The van der Waals surface area contributed by atoms with Gasteiger partial charge in [-0.15, -0.1) is 11.8 Å². The van der Waals surface area contributed by atoms with Crippen LogP contribution in [0.2, 0.25) is 5.02 Å². The van der Waals surface area contributed by atoms with E-state index in [1.165, 1.54) is 11.8 Å². The zero-order chi connectivity index (χ0) is 24.6. The fourth-order valence-corrected chi connectivity index (χ4v) is 4.56. The lowest BCUT2D eigenvalue weighted by atomic mass is 9.99. The van der Waals surface area contributed by atoms with Crippen LogP contribution in [0.25, 0.3) is 22.4 Å². The number of amides is 1. The molecule has 0 aliphatic carbocycles. The first-order valence-corrected chi connectivity index (χ1v) is 12.3. The molecule has 0 aliphatic rings. The zero-order valence-corrected chi connectivity index (χ0v) is 20.6. The maximum Gasteiger partial charge on any atom is 0.225 e. The van der Waals surface area contributed by atoms with E-state index in [4.69, 9.17) is 21.3 Å². The molecule has 0 radical (unpaired) electrons. The lowest BCUT2D eigenvalue weighted by Gasteiger charge is -2.13. The fraction of sp³-hybridized carbons (Fsp3) is 0.107. The third-order valence-electron chi connectivity index (χ3n) is 5.26. The van der Waals surface area contributed by atoms with E-state index in [1.807, 2.05) is 60.7 Å². The number of nitrogens with zero attached hydrogens (tertiary/aromatic N) is 2. The van der Waals surface area contributed by atoms with Crippen LogP contribution in [0.15, 0.2) is 90.0 Å². The molecule has 0 saturated carbocycles. The number of hydrogen-bond donors (Lipinski definition) is 1. The molecule has 4 aromatic rings. The Bertz CT molecular complexity index is 1350. The van der Waals surface area contributed by atoms with Crippen molar-refractivity contribution in [3.8, 4) is 34.2 Å². The molecule has 7 heteroatoms. The minimum absolute atomic E-state index is 0.118. The van der Waals surface area contributed by atoms with E-state index in [2.05, 4.69) is 11.4 Å². The Morgan fingerprint density at radius 3 is 2.40 bits per heavy atom. The Morgan fingerprint density at radius 2 is 1.74 bits per heavy atom. The van der Waals surface area contributed by atoms with E-state index in [-0.39, 0.29) is 12.3 Å². The number of pyridine rings is 1. The molecule has 0 atom stereocenters. The minimum Gasteiger partial charge on any atom is -0.497 e. The first-order chi connectivity index (χ1) is 17.1. The van der Waals surface area contributed by atoms with Crippen LogP contribution >= 0.6 is 23.4 Å². The highest BCUT2D eigenvalue weighted by Gasteiger charge is 2.16. The van der Waals surface area contributed by atoms with E-state index >= 15 is 0 Å². The first-order valence-electron chi connectivity index (χ1n) is 10.9. The van der Waals surface area contributed by atoms with Crippen LogP contribution in [0, 0.1) is 11.3 Å². The molecular weight excluding hydrogens is 478 g/mol. The highest BCUT2D eigenvalue weighted by molar-refractivity contribution is 7.99. The van der Waals surface area contributed by atoms with Crippen molar-refractivity contribution in [3.05, 3.63) is 95.5 Å². The molecule has 0 aliphatic heterocycles. The summed E-state index contributed by atoms with van der Waals surface area (Å²) in [5.41, 5.74) is 4.57. The predicted octanol–water partition coefficient (Wildman–Crippen LogP) is 7.07. The van der Waals surface area contributed by atoms with E-state index < -0.39 is 0 Å². The Morgan fingerprint density at radius 1 is 1.03 bits per heavy atom. The minimum atomic E-state index is -0.118. The van der Waals surface area contributed by atoms with Crippen molar-refractivity contribution in [1.82, 2.24) is 4.98 Å². The zero-order valence-electron chi connectivity index (χ0n) is 19.0. The number of anilines is 1. The quantitative estimate of drug-likeness (QED) is 0.262. The molecule has 0 fully saturated rings. The second kappa shape index (κ2) is 11.6. The van der Waals surface area contributed by atoms with Gasteiger partial charge >= 0.3 is 0 Å². The molecule has 0 spiro atoms. The second-order valence-corrected chi connectivity index (χ2v) is 9.12. The number of hydrogen-bond acceptors (Lipinski definition) is 5. The Labute approximate surface area is 213 Å². The normalized spacial score (nSPS) is 10.4. The van der Waals surface area contributed by atoms with Crippen LogP contribution < -0.4 is 10.1 Å². The van der Waals surface area contributed by atoms with Gasteiger partial charge in [-0.05, 0) is 48.0 Å². The van der Waals surface area contributed by atoms with Gasteiger partial charge in [-0.2, -0.15) is 5.26 Å². The van der Waals surface area contributed by atoms with Crippen LogP contribution in [-0.2, 0) is 4.79 Å². The molecular formula is C28H22ClN3O2S. The lowest BCUT2D eigenvalue weighted by Crippen LogP contribution is -2.12. The molecule has 4 rings (SSSR count). The van der Waals surface area contributed by atoms with Crippen molar-refractivity contribution in [2.45, 2.75) is 11.4 Å². The maximum atomic E-state index is 12.4. The number of rotatable bonds is 8. The summed E-state index contributed by atoms with van der Waals surface area (Å²) >= 11 is 7.30. The van der Waals surface area contributed by atoms with Gasteiger partial charge in [0.15, 0.2) is 0 Å². The summed E-state index contributed by atoms with van der Waals surface area (Å²) in [5.74, 6) is 1.10. The van der Waals surface area contributed by atoms with Gasteiger partial charge in [-0.1, -0.05) is 54.1 Å². The van der Waals surface area contributed by atoms with Gasteiger partial charge in [0.25, 0.3) is 0 Å². The van der Waals surface area contributed by atoms with Gasteiger partial charge in [0.2, 0.25) is 5.91 Å². The number of aromatic nitrogens is 1. The molecule has 174 valence electrons. The predicted molar refractivity (Wildman–Crippen MR) is 142 cm³/mol. The van der Waals surface area contributed by atoms with Crippen molar-refractivity contribution >= 4 is 35.0 Å². The van der Waals surface area contributed by atoms with Gasteiger partial charge < -0.3 is 10.1 Å².